The second kappa shape index (κ2) is 10.5. The largest absolute Gasteiger partial charge is 0.493 e. The summed E-state index contributed by atoms with van der Waals surface area (Å²) in [5, 5.41) is 10.2. The maximum Gasteiger partial charge on any atom is 0.422 e. The van der Waals surface area contributed by atoms with Crippen molar-refractivity contribution in [3.8, 4) is 11.5 Å². The molecule has 0 unspecified atom stereocenters. The van der Waals surface area contributed by atoms with Crippen LogP contribution >= 0.6 is 0 Å². The lowest BCUT2D eigenvalue weighted by atomic mass is 9.83. The number of carbonyl (C=O) groups is 2. The SMILES string of the molecule is CCCCCc1nn2c(c1NC(=O)CS(C)(=O)=O)C(=O)N[C@]1(CCOc3cc(OCC(F)(F)F)ccc31)C2. The van der Waals surface area contributed by atoms with E-state index in [-0.39, 0.29) is 36.0 Å². The first-order valence-corrected chi connectivity index (χ1v) is 14.2. The molecular formula is C24H29F3N4O6S. The number of carbonyl (C=O) groups excluding carboxylic acids is 2. The quantitative estimate of drug-likeness (QED) is 0.453. The van der Waals surface area contributed by atoms with Gasteiger partial charge < -0.3 is 20.1 Å². The summed E-state index contributed by atoms with van der Waals surface area (Å²) < 4.78 is 73.0. The van der Waals surface area contributed by atoms with Gasteiger partial charge in [0, 0.05) is 24.3 Å². The molecule has 208 valence electrons. The van der Waals surface area contributed by atoms with Crippen LogP contribution in [-0.2, 0) is 33.1 Å². The van der Waals surface area contributed by atoms with Crippen molar-refractivity contribution in [3.63, 3.8) is 0 Å². The molecule has 2 amide bonds. The molecule has 38 heavy (non-hydrogen) atoms. The van der Waals surface area contributed by atoms with Crippen LogP contribution in [0.3, 0.4) is 0 Å². The molecule has 2 N–H and O–H groups in total. The fourth-order valence-corrected chi connectivity index (χ4v) is 5.28. The van der Waals surface area contributed by atoms with Crippen LogP contribution in [0.4, 0.5) is 18.9 Å². The fourth-order valence-electron chi connectivity index (χ4n) is 4.73. The van der Waals surface area contributed by atoms with Crippen LogP contribution in [0.25, 0.3) is 0 Å². The molecular weight excluding hydrogens is 529 g/mol. The van der Waals surface area contributed by atoms with Gasteiger partial charge in [0.05, 0.1) is 30.1 Å². The van der Waals surface area contributed by atoms with E-state index < -0.39 is 45.7 Å². The van der Waals surface area contributed by atoms with Crippen LogP contribution in [0.5, 0.6) is 11.5 Å². The van der Waals surface area contributed by atoms with Crippen LogP contribution in [-0.4, -0.2) is 61.4 Å². The van der Waals surface area contributed by atoms with E-state index in [9.17, 15) is 31.2 Å². The van der Waals surface area contributed by atoms with E-state index in [0.717, 1.165) is 25.5 Å². The van der Waals surface area contributed by atoms with Gasteiger partial charge in [0.2, 0.25) is 5.91 Å². The number of sulfone groups is 1. The third-order valence-electron chi connectivity index (χ3n) is 6.34. The van der Waals surface area contributed by atoms with E-state index >= 15 is 0 Å². The summed E-state index contributed by atoms with van der Waals surface area (Å²) in [6.45, 7) is 0.954. The summed E-state index contributed by atoms with van der Waals surface area (Å²) in [6, 6.07) is 4.31. The number of benzene rings is 1. The van der Waals surface area contributed by atoms with Crippen molar-refractivity contribution < 1.29 is 40.7 Å². The number of nitrogens with one attached hydrogen (secondary N) is 2. The number of aromatic nitrogens is 2. The predicted molar refractivity (Wildman–Crippen MR) is 131 cm³/mol. The average Bonchev–Trinajstić information content (AvgIpc) is 3.13. The number of unbranched alkanes of at least 4 members (excludes halogenated alkanes) is 2. The second-order valence-corrected chi connectivity index (χ2v) is 11.7. The zero-order valence-electron chi connectivity index (χ0n) is 21.0. The van der Waals surface area contributed by atoms with Gasteiger partial charge in [-0.25, -0.2) is 8.42 Å². The molecule has 0 saturated carbocycles. The smallest absolute Gasteiger partial charge is 0.422 e. The van der Waals surface area contributed by atoms with Crippen molar-refractivity contribution in [2.24, 2.45) is 0 Å². The normalized spacial score (nSPS) is 18.8. The van der Waals surface area contributed by atoms with E-state index in [2.05, 4.69) is 15.7 Å². The first kappa shape index (κ1) is 27.7. The molecule has 2 aliphatic rings. The Morgan fingerprint density at radius 3 is 2.76 bits per heavy atom. The molecule has 1 spiro atoms. The molecule has 0 bridgehead atoms. The number of hydrogen-bond acceptors (Lipinski definition) is 7. The maximum atomic E-state index is 13.4. The molecule has 4 rings (SSSR count). The summed E-state index contributed by atoms with van der Waals surface area (Å²) in [6.07, 6.45) is -0.101. The summed E-state index contributed by atoms with van der Waals surface area (Å²) >= 11 is 0. The maximum absolute atomic E-state index is 13.4. The second-order valence-electron chi connectivity index (χ2n) is 9.60. The molecule has 3 heterocycles. The van der Waals surface area contributed by atoms with Gasteiger partial charge in [-0.3, -0.25) is 14.3 Å². The minimum absolute atomic E-state index is 0.0193. The molecule has 1 aromatic carbocycles. The van der Waals surface area contributed by atoms with Gasteiger partial charge in [0.1, 0.15) is 22.9 Å². The third-order valence-corrected chi connectivity index (χ3v) is 7.13. The van der Waals surface area contributed by atoms with Crippen molar-refractivity contribution in [2.75, 3.05) is 30.5 Å². The van der Waals surface area contributed by atoms with Gasteiger partial charge >= 0.3 is 6.18 Å². The Balaban J connectivity index is 1.67. The highest BCUT2D eigenvalue weighted by Gasteiger charge is 2.46. The van der Waals surface area contributed by atoms with Crippen molar-refractivity contribution in [2.45, 2.75) is 57.3 Å². The summed E-state index contributed by atoms with van der Waals surface area (Å²) in [4.78, 5) is 25.9. The lowest BCUT2D eigenvalue weighted by Crippen LogP contribution is -2.55. The number of hydrogen-bond donors (Lipinski definition) is 2. The molecule has 1 atom stereocenters. The minimum Gasteiger partial charge on any atom is -0.493 e. The number of alkyl halides is 3. The number of rotatable bonds is 9. The molecule has 10 nitrogen and oxygen atoms in total. The Kier molecular flexibility index (Phi) is 7.64. The Morgan fingerprint density at radius 1 is 1.32 bits per heavy atom. The van der Waals surface area contributed by atoms with Crippen LogP contribution in [0.1, 0.15) is 54.4 Å². The van der Waals surface area contributed by atoms with Gasteiger partial charge in [0.25, 0.3) is 5.91 Å². The van der Waals surface area contributed by atoms with E-state index in [4.69, 9.17) is 9.47 Å². The number of ether oxygens (including phenoxy) is 2. The molecule has 2 aromatic rings. The summed E-state index contributed by atoms with van der Waals surface area (Å²) in [5.74, 6) is -1.76. The lowest BCUT2D eigenvalue weighted by Gasteiger charge is -2.42. The summed E-state index contributed by atoms with van der Waals surface area (Å²) in [7, 11) is -3.59. The minimum atomic E-state index is -4.49. The number of aryl methyl sites for hydroxylation is 1. The zero-order valence-corrected chi connectivity index (χ0v) is 21.8. The lowest BCUT2D eigenvalue weighted by molar-refractivity contribution is -0.153. The van der Waals surface area contributed by atoms with Crippen LogP contribution < -0.4 is 20.1 Å². The van der Waals surface area contributed by atoms with Gasteiger partial charge in [-0.2, -0.15) is 18.3 Å². The molecule has 0 radical (unpaired) electrons. The van der Waals surface area contributed by atoms with E-state index in [1.807, 2.05) is 6.92 Å². The third kappa shape index (κ3) is 6.22. The Hall–Kier alpha value is -3.29. The Labute approximate surface area is 217 Å². The highest BCUT2D eigenvalue weighted by atomic mass is 32.2. The van der Waals surface area contributed by atoms with Gasteiger partial charge in [0.15, 0.2) is 16.4 Å². The predicted octanol–water partition coefficient (Wildman–Crippen LogP) is 2.96. The van der Waals surface area contributed by atoms with Gasteiger partial charge in [-0.05, 0) is 25.0 Å². The molecule has 14 heteroatoms. The monoisotopic (exact) mass is 558 g/mol. The van der Waals surface area contributed by atoms with E-state index in [1.165, 1.54) is 16.8 Å². The van der Waals surface area contributed by atoms with Gasteiger partial charge in [-0.15, -0.1) is 0 Å². The Bertz CT molecular complexity index is 1340. The van der Waals surface area contributed by atoms with Crippen molar-refractivity contribution in [3.05, 3.63) is 35.2 Å². The molecule has 2 aliphatic heterocycles. The van der Waals surface area contributed by atoms with Crippen molar-refractivity contribution >= 4 is 27.3 Å². The average molecular weight is 559 g/mol. The molecule has 0 fully saturated rings. The van der Waals surface area contributed by atoms with Crippen molar-refractivity contribution in [1.82, 2.24) is 15.1 Å². The van der Waals surface area contributed by atoms with Crippen LogP contribution in [0.2, 0.25) is 0 Å². The topological polar surface area (TPSA) is 129 Å². The number of halogens is 3. The van der Waals surface area contributed by atoms with Crippen LogP contribution in [0.15, 0.2) is 18.2 Å². The Morgan fingerprint density at radius 2 is 2.08 bits per heavy atom. The first-order valence-electron chi connectivity index (χ1n) is 12.2. The standard InChI is InChI=1S/C24H29F3N4O6S/c1-3-4-5-6-17-20(28-19(32)12-38(2,34)35)21-22(33)29-23(13-31(21)30-17)9-10-36-18-11-15(7-8-16(18)23)37-14-24(25,26)27/h7-8,11H,3-6,9-10,12-14H2,1-2H3,(H,28,32)(H,29,33)/t23-/m1/s1. The molecule has 0 aliphatic carbocycles. The highest BCUT2D eigenvalue weighted by molar-refractivity contribution is 7.91. The number of amides is 2. The van der Waals surface area contributed by atoms with Crippen molar-refractivity contribution in [1.29, 1.82) is 0 Å². The first-order chi connectivity index (χ1) is 17.8. The van der Waals surface area contributed by atoms with Gasteiger partial charge in [-0.1, -0.05) is 19.8 Å². The van der Waals surface area contributed by atoms with E-state index in [1.54, 1.807) is 6.07 Å². The van der Waals surface area contributed by atoms with Crippen LogP contribution in [0, 0.1) is 0 Å². The molecule has 0 saturated heterocycles. The number of anilines is 1. The zero-order chi connectivity index (χ0) is 27.7. The van der Waals surface area contributed by atoms with E-state index in [0.29, 0.717) is 24.1 Å². The fraction of sp³-hybridized carbons (Fsp3) is 0.542. The highest BCUT2D eigenvalue weighted by Crippen LogP contribution is 2.43. The number of fused-ring (bicyclic) bond motifs is 3. The molecule has 1 aromatic heterocycles. The number of nitrogens with zero attached hydrogens (tertiary/aromatic N) is 2. The summed E-state index contributed by atoms with van der Waals surface area (Å²) in [5.41, 5.74) is 0.381.